The Morgan fingerprint density at radius 2 is 1.95 bits per heavy atom. The number of para-hydroxylation sites is 1. The third-order valence-corrected chi connectivity index (χ3v) is 3.35. The molecule has 20 heavy (non-hydrogen) atoms. The zero-order valence-electron chi connectivity index (χ0n) is 11.6. The lowest BCUT2D eigenvalue weighted by Crippen LogP contribution is -1.92. The summed E-state index contributed by atoms with van der Waals surface area (Å²) in [6.07, 6.45) is 0. The van der Waals surface area contributed by atoms with Gasteiger partial charge in [-0.15, -0.1) is 0 Å². The molecule has 0 saturated carbocycles. The standard InChI is InChI=1S/C14H15N5O/c1-8-12(9(2)19(3)17-8)14-16-13(18-20-14)10-6-4-5-7-11(10)15/h4-7H,15H2,1-3H3. The van der Waals surface area contributed by atoms with Gasteiger partial charge in [0.25, 0.3) is 5.89 Å². The van der Waals surface area contributed by atoms with Crippen LogP contribution < -0.4 is 5.73 Å². The average Bonchev–Trinajstić information content (AvgIpc) is 2.96. The van der Waals surface area contributed by atoms with E-state index in [9.17, 15) is 0 Å². The van der Waals surface area contributed by atoms with Gasteiger partial charge < -0.3 is 10.3 Å². The van der Waals surface area contributed by atoms with Crippen molar-refractivity contribution in [3.63, 3.8) is 0 Å². The Morgan fingerprint density at radius 3 is 2.60 bits per heavy atom. The van der Waals surface area contributed by atoms with Gasteiger partial charge in [0.15, 0.2) is 0 Å². The highest BCUT2D eigenvalue weighted by atomic mass is 16.5. The van der Waals surface area contributed by atoms with Crippen molar-refractivity contribution in [1.82, 2.24) is 19.9 Å². The van der Waals surface area contributed by atoms with Crippen molar-refractivity contribution in [3.05, 3.63) is 35.7 Å². The second-order valence-corrected chi connectivity index (χ2v) is 4.68. The molecule has 1 aromatic carbocycles. The molecule has 0 atom stereocenters. The first-order chi connectivity index (χ1) is 9.58. The number of nitrogens with two attached hydrogens (primary N) is 1. The molecule has 6 heteroatoms. The van der Waals surface area contributed by atoms with E-state index in [1.165, 1.54) is 0 Å². The number of hydrogen-bond acceptors (Lipinski definition) is 5. The van der Waals surface area contributed by atoms with Crippen LogP contribution in [0, 0.1) is 13.8 Å². The molecule has 0 aliphatic carbocycles. The minimum absolute atomic E-state index is 0.464. The quantitative estimate of drug-likeness (QED) is 0.722. The Hall–Kier alpha value is -2.63. The molecule has 2 N–H and O–H groups in total. The zero-order chi connectivity index (χ0) is 14.3. The van der Waals surface area contributed by atoms with Crippen LogP contribution in [0.2, 0.25) is 0 Å². The predicted octanol–water partition coefficient (Wildman–Crippen LogP) is 2.34. The molecule has 0 aliphatic rings. The Kier molecular flexibility index (Phi) is 2.78. The maximum Gasteiger partial charge on any atom is 0.261 e. The van der Waals surface area contributed by atoms with E-state index in [0.29, 0.717) is 17.4 Å². The highest BCUT2D eigenvalue weighted by molar-refractivity contribution is 5.72. The molecule has 0 amide bonds. The molecule has 3 aromatic rings. The average molecular weight is 269 g/mol. The maximum absolute atomic E-state index is 5.93. The Bertz CT molecular complexity index is 772. The summed E-state index contributed by atoms with van der Waals surface area (Å²) < 4.78 is 7.16. The smallest absolute Gasteiger partial charge is 0.261 e. The number of aromatic nitrogens is 4. The molecule has 6 nitrogen and oxygen atoms in total. The van der Waals surface area contributed by atoms with Crippen molar-refractivity contribution in [2.45, 2.75) is 13.8 Å². The van der Waals surface area contributed by atoms with Gasteiger partial charge in [0, 0.05) is 24.0 Å². The fraction of sp³-hybridized carbons (Fsp3) is 0.214. The number of rotatable bonds is 2. The third kappa shape index (κ3) is 1.85. The van der Waals surface area contributed by atoms with E-state index >= 15 is 0 Å². The van der Waals surface area contributed by atoms with Crippen molar-refractivity contribution in [2.24, 2.45) is 7.05 Å². The molecule has 0 spiro atoms. The van der Waals surface area contributed by atoms with E-state index in [4.69, 9.17) is 10.3 Å². The summed E-state index contributed by atoms with van der Waals surface area (Å²) in [6, 6.07) is 7.44. The first kappa shape index (κ1) is 12.4. The SMILES string of the molecule is Cc1nn(C)c(C)c1-c1nc(-c2ccccc2N)no1. The van der Waals surface area contributed by atoms with Gasteiger partial charge in [-0.05, 0) is 26.0 Å². The van der Waals surface area contributed by atoms with Gasteiger partial charge in [-0.2, -0.15) is 10.1 Å². The van der Waals surface area contributed by atoms with E-state index in [-0.39, 0.29) is 0 Å². The number of anilines is 1. The number of nitrogen functional groups attached to an aromatic ring is 1. The fourth-order valence-electron chi connectivity index (χ4n) is 2.22. The van der Waals surface area contributed by atoms with Crippen LogP contribution in [0.25, 0.3) is 22.8 Å². The zero-order valence-corrected chi connectivity index (χ0v) is 11.6. The van der Waals surface area contributed by atoms with E-state index in [1.807, 2.05) is 45.2 Å². The number of nitrogens with zero attached hydrogens (tertiary/aromatic N) is 4. The minimum atomic E-state index is 0.464. The van der Waals surface area contributed by atoms with Crippen LogP contribution in [0.3, 0.4) is 0 Å². The molecule has 2 heterocycles. The molecular formula is C14H15N5O. The summed E-state index contributed by atoms with van der Waals surface area (Å²) in [5.41, 5.74) is 10.0. The van der Waals surface area contributed by atoms with Crippen LogP contribution in [-0.2, 0) is 7.05 Å². The number of hydrogen-bond donors (Lipinski definition) is 1. The largest absolute Gasteiger partial charge is 0.398 e. The second-order valence-electron chi connectivity index (χ2n) is 4.68. The van der Waals surface area contributed by atoms with Gasteiger partial charge in [0.05, 0.1) is 11.3 Å². The lowest BCUT2D eigenvalue weighted by atomic mass is 10.1. The molecular weight excluding hydrogens is 254 g/mol. The summed E-state index contributed by atoms with van der Waals surface area (Å²) in [6.45, 7) is 3.89. The van der Waals surface area contributed by atoms with Crippen LogP contribution in [0.4, 0.5) is 5.69 Å². The second kappa shape index (κ2) is 4.48. The van der Waals surface area contributed by atoms with Crippen molar-refractivity contribution >= 4 is 5.69 Å². The molecule has 0 radical (unpaired) electrons. The summed E-state index contributed by atoms with van der Waals surface area (Å²) in [7, 11) is 1.89. The summed E-state index contributed by atoms with van der Waals surface area (Å²) >= 11 is 0. The molecule has 0 aliphatic heterocycles. The maximum atomic E-state index is 5.93. The molecule has 0 unspecified atom stereocenters. The minimum Gasteiger partial charge on any atom is -0.398 e. The Morgan fingerprint density at radius 1 is 1.20 bits per heavy atom. The van der Waals surface area contributed by atoms with Crippen LogP contribution in [-0.4, -0.2) is 19.9 Å². The molecule has 0 bridgehead atoms. The third-order valence-electron chi connectivity index (χ3n) is 3.35. The van der Waals surface area contributed by atoms with Crippen LogP contribution >= 0.6 is 0 Å². The van der Waals surface area contributed by atoms with E-state index in [2.05, 4.69) is 15.2 Å². The van der Waals surface area contributed by atoms with E-state index in [1.54, 1.807) is 4.68 Å². The monoisotopic (exact) mass is 269 g/mol. The van der Waals surface area contributed by atoms with Crippen molar-refractivity contribution in [1.29, 1.82) is 0 Å². The van der Waals surface area contributed by atoms with Crippen molar-refractivity contribution < 1.29 is 4.52 Å². The fourth-order valence-corrected chi connectivity index (χ4v) is 2.22. The molecule has 2 aromatic heterocycles. The van der Waals surface area contributed by atoms with Gasteiger partial charge in [0.1, 0.15) is 0 Å². The van der Waals surface area contributed by atoms with Crippen molar-refractivity contribution in [2.75, 3.05) is 5.73 Å². The Labute approximate surface area is 116 Å². The van der Waals surface area contributed by atoms with Gasteiger partial charge in [-0.25, -0.2) is 0 Å². The normalized spacial score (nSPS) is 10.9. The van der Waals surface area contributed by atoms with Crippen LogP contribution in [0.5, 0.6) is 0 Å². The highest BCUT2D eigenvalue weighted by Gasteiger charge is 2.19. The summed E-state index contributed by atoms with van der Waals surface area (Å²) in [5.74, 6) is 0.951. The first-order valence-electron chi connectivity index (χ1n) is 6.27. The lowest BCUT2D eigenvalue weighted by Gasteiger charge is -1.98. The first-order valence-corrected chi connectivity index (χ1v) is 6.27. The summed E-state index contributed by atoms with van der Waals surface area (Å²) in [5, 5.41) is 8.36. The lowest BCUT2D eigenvalue weighted by molar-refractivity contribution is 0.432. The number of benzene rings is 1. The highest BCUT2D eigenvalue weighted by Crippen LogP contribution is 2.29. The van der Waals surface area contributed by atoms with Crippen LogP contribution in [0.15, 0.2) is 28.8 Å². The van der Waals surface area contributed by atoms with Gasteiger partial charge in [0.2, 0.25) is 5.82 Å². The topological polar surface area (TPSA) is 82.8 Å². The predicted molar refractivity (Wildman–Crippen MR) is 75.8 cm³/mol. The molecule has 0 fully saturated rings. The van der Waals surface area contributed by atoms with Gasteiger partial charge in [-0.3, -0.25) is 4.68 Å². The molecule has 0 saturated heterocycles. The van der Waals surface area contributed by atoms with Crippen molar-refractivity contribution in [3.8, 4) is 22.8 Å². The summed E-state index contributed by atoms with van der Waals surface area (Å²) in [4.78, 5) is 4.44. The molecule has 3 rings (SSSR count). The van der Waals surface area contributed by atoms with E-state index < -0.39 is 0 Å². The van der Waals surface area contributed by atoms with E-state index in [0.717, 1.165) is 22.5 Å². The molecule has 102 valence electrons. The van der Waals surface area contributed by atoms with Gasteiger partial charge in [-0.1, -0.05) is 17.3 Å². The Balaban J connectivity index is 2.09. The van der Waals surface area contributed by atoms with Gasteiger partial charge >= 0.3 is 0 Å². The number of aryl methyl sites for hydroxylation is 2. The van der Waals surface area contributed by atoms with Crippen LogP contribution in [0.1, 0.15) is 11.4 Å².